The van der Waals surface area contributed by atoms with Crippen molar-refractivity contribution in [1.29, 1.82) is 0 Å². The Labute approximate surface area is 123 Å². The van der Waals surface area contributed by atoms with Crippen molar-refractivity contribution in [3.63, 3.8) is 0 Å². The summed E-state index contributed by atoms with van der Waals surface area (Å²) < 4.78 is 5.66. The lowest BCUT2D eigenvalue weighted by Crippen LogP contribution is -2.59. The second kappa shape index (κ2) is 7.21. The van der Waals surface area contributed by atoms with Gasteiger partial charge in [0.25, 0.3) is 0 Å². The van der Waals surface area contributed by atoms with Gasteiger partial charge in [0.1, 0.15) is 0 Å². The summed E-state index contributed by atoms with van der Waals surface area (Å²) in [6, 6.07) is 11.2. The molecule has 0 radical (unpaired) electrons. The predicted molar refractivity (Wildman–Crippen MR) is 83.9 cm³/mol. The minimum Gasteiger partial charge on any atom is -0.380 e. The number of hydrogen-bond donors (Lipinski definition) is 1. The van der Waals surface area contributed by atoms with Crippen LogP contribution in [0.15, 0.2) is 30.3 Å². The molecule has 1 unspecified atom stereocenters. The zero-order valence-corrected chi connectivity index (χ0v) is 13.1. The van der Waals surface area contributed by atoms with Crippen molar-refractivity contribution in [1.82, 2.24) is 10.2 Å². The van der Waals surface area contributed by atoms with Gasteiger partial charge in [-0.25, -0.2) is 0 Å². The fourth-order valence-corrected chi connectivity index (χ4v) is 2.74. The summed E-state index contributed by atoms with van der Waals surface area (Å²) in [7, 11) is 0. The van der Waals surface area contributed by atoms with E-state index in [2.05, 4.69) is 61.3 Å². The third kappa shape index (κ3) is 4.05. The molecule has 0 aliphatic carbocycles. The zero-order chi connectivity index (χ0) is 14.4. The highest BCUT2D eigenvalue weighted by atomic mass is 16.5. The van der Waals surface area contributed by atoms with E-state index in [0.29, 0.717) is 6.04 Å². The van der Waals surface area contributed by atoms with Crippen LogP contribution in [0.4, 0.5) is 0 Å². The van der Waals surface area contributed by atoms with E-state index in [1.165, 1.54) is 5.56 Å². The average Bonchev–Trinajstić information content (AvgIpc) is 2.46. The van der Waals surface area contributed by atoms with Gasteiger partial charge in [0.05, 0.1) is 6.61 Å². The first-order valence-electron chi connectivity index (χ1n) is 7.74. The summed E-state index contributed by atoms with van der Waals surface area (Å²) in [6.45, 7) is 11.5. The predicted octanol–water partition coefficient (Wildman–Crippen LogP) is 2.84. The van der Waals surface area contributed by atoms with Gasteiger partial charge in [0.2, 0.25) is 0 Å². The van der Waals surface area contributed by atoms with Crippen molar-refractivity contribution in [2.24, 2.45) is 0 Å². The van der Waals surface area contributed by atoms with Gasteiger partial charge < -0.3 is 10.1 Å². The summed E-state index contributed by atoms with van der Waals surface area (Å²) in [5.74, 6) is 0. The molecule has 1 heterocycles. The lowest BCUT2D eigenvalue weighted by molar-refractivity contribution is 0.0285. The molecule has 1 aliphatic rings. The van der Waals surface area contributed by atoms with Gasteiger partial charge >= 0.3 is 0 Å². The molecule has 3 heteroatoms. The van der Waals surface area contributed by atoms with E-state index in [9.17, 15) is 0 Å². The first-order chi connectivity index (χ1) is 9.63. The number of benzene rings is 1. The van der Waals surface area contributed by atoms with Gasteiger partial charge in [-0.3, -0.25) is 4.90 Å². The maximum absolute atomic E-state index is 5.66. The van der Waals surface area contributed by atoms with Gasteiger partial charge in [-0.1, -0.05) is 37.3 Å². The summed E-state index contributed by atoms with van der Waals surface area (Å²) in [5, 5.41) is 3.67. The summed E-state index contributed by atoms with van der Waals surface area (Å²) in [6.07, 6.45) is 1.09. The third-order valence-electron chi connectivity index (χ3n) is 4.10. The maximum atomic E-state index is 5.66. The Morgan fingerprint density at radius 3 is 2.70 bits per heavy atom. The van der Waals surface area contributed by atoms with Crippen LogP contribution in [0, 0.1) is 0 Å². The molecule has 112 valence electrons. The van der Waals surface area contributed by atoms with Crippen molar-refractivity contribution in [2.45, 2.75) is 38.8 Å². The topological polar surface area (TPSA) is 24.5 Å². The molecule has 2 rings (SSSR count). The lowest BCUT2D eigenvalue weighted by Gasteiger charge is -2.46. The SMILES string of the molecule is CCCOCCN1CC(c2ccccc2)NCC1(C)C. The second-order valence-corrected chi connectivity index (χ2v) is 6.21. The second-order valence-electron chi connectivity index (χ2n) is 6.21. The van der Waals surface area contributed by atoms with E-state index in [1.807, 2.05) is 0 Å². The van der Waals surface area contributed by atoms with Crippen LogP contribution < -0.4 is 5.32 Å². The summed E-state index contributed by atoms with van der Waals surface area (Å²) >= 11 is 0. The quantitative estimate of drug-likeness (QED) is 0.809. The smallest absolute Gasteiger partial charge is 0.0593 e. The Morgan fingerprint density at radius 2 is 2.00 bits per heavy atom. The van der Waals surface area contributed by atoms with Crippen LogP contribution >= 0.6 is 0 Å². The first-order valence-corrected chi connectivity index (χ1v) is 7.74. The monoisotopic (exact) mass is 276 g/mol. The molecule has 20 heavy (non-hydrogen) atoms. The largest absolute Gasteiger partial charge is 0.380 e. The van der Waals surface area contributed by atoms with E-state index < -0.39 is 0 Å². The van der Waals surface area contributed by atoms with Crippen molar-refractivity contribution >= 4 is 0 Å². The molecule has 1 atom stereocenters. The number of piperazine rings is 1. The number of nitrogens with zero attached hydrogens (tertiary/aromatic N) is 1. The van der Waals surface area contributed by atoms with E-state index in [1.54, 1.807) is 0 Å². The zero-order valence-electron chi connectivity index (χ0n) is 13.1. The molecule has 0 amide bonds. The van der Waals surface area contributed by atoms with Crippen LogP contribution in [0.2, 0.25) is 0 Å². The molecule has 1 N–H and O–H groups in total. The normalized spacial score (nSPS) is 22.9. The molecule has 0 saturated carbocycles. The molecule has 1 fully saturated rings. The summed E-state index contributed by atoms with van der Waals surface area (Å²) in [5.41, 5.74) is 1.57. The van der Waals surface area contributed by atoms with Crippen LogP contribution in [0.5, 0.6) is 0 Å². The molecule has 1 aliphatic heterocycles. The molecular weight excluding hydrogens is 248 g/mol. The Morgan fingerprint density at radius 1 is 1.25 bits per heavy atom. The number of nitrogens with one attached hydrogen (secondary N) is 1. The van der Waals surface area contributed by atoms with Crippen molar-refractivity contribution in [3.8, 4) is 0 Å². The van der Waals surface area contributed by atoms with Crippen LogP contribution in [0.1, 0.15) is 38.8 Å². The molecule has 1 aromatic rings. The minimum absolute atomic E-state index is 0.195. The Kier molecular flexibility index (Phi) is 5.58. The highest BCUT2D eigenvalue weighted by Crippen LogP contribution is 2.25. The molecule has 1 saturated heterocycles. The van der Waals surface area contributed by atoms with Crippen molar-refractivity contribution < 1.29 is 4.74 Å². The maximum Gasteiger partial charge on any atom is 0.0593 e. The lowest BCUT2D eigenvalue weighted by atomic mass is 9.94. The Hall–Kier alpha value is -0.900. The number of hydrogen-bond acceptors (Lipinski definition) is 3. The van der Waals surface area contributed by atoms with E-state index in [0.717, 1.165) is 39.3 Å². The van der Waals surface area contributed by atoms with Gasteiger partial charge in [-0.2, -0.15) is 0 Å². The fraction of sp³-hybridized carbons (Fsp3) is 0.647. The van der Waals surface area contributed by atoms with Crippen LogP contribution in [-0.4, -0.2) is 43.3 Å². The third-order valence-corrected chi connectivity index (χ3v) is 4.10. The van der Waals surface area contributed by atoms with Crippen LogP contribution in [-0.2, 0) is 4.74 Å². The highest BCUT2D eigenvalue weighted by molar-refractivity contribution is 5.20. The number of ether oxygens (including phenoxy) is 1. The molecular formula is C17H28N2O. The fourth-order valence-electron chi connectivity index (χ4n) is 2.74. The minimum atomic E-state index is 0.195. The number of rotatable bonds is 6. The average molecular weight is 276 g/mol. The highest BCUT2D eigenvalue weighted by Gasteiger charge is 2.33. The summed E-state index contributed by atoms with van der Waals surface area (Å²) in [4.78, 5) is 2.55. The van der Waals surface area contributed by atoms with Crippen LogP contribution in [0.25, 0.3) is 0 Å². The van der Waals surface area contributed by atoms with Crippen LogP contribution in [0.3, 0.4) is 0 Å². The first kappa shape index (κ1) is 15.5. The molecule has 0 spiro atoms. The molecule has 0 bridgehead atoms. The van der Waals surface area contributed by atoms with Gasteiger partial charge in [0.15, 0.2) is 0 Å². The van der Waals surface area contributed by atoms with Crippen molar-refractivity contribution in [2.75, 3.05) is 32.8 Å². The van der Waals surface area contributed by atoms with E-state index in [-0.39, 0.29) is 5.54 Å². The van der Waals surface area contributed by atoms with E-state index >= 15 is 0 Å². The van der Waals surface area contributed by atoms with Crippen molar-refractivity contribution in [3.05, 3.63) is 35.9 Å². The standard InChI is InChI=1S/C17H28N2O/c1-4-11-20-12-10-19-13-16(18-14-17(19,2)3)15-8-6-5-7-9-15/h5-9,16,18H,4,10-14H2,1-3H3. The molecule has 0 aromatic heterocycles. The van der Waals surface area contributed by atoms with E-state index in [4.69, 9.17) is 4.74 Å². The van der Waals surface area contributed by atoms with Gasteiger partial charge in [0, 0.05) is 37.8 Å². The van der Waals surface area contributed by atoms with Gasteiger partial charge in [-0.05, 0) is 25.8 Å². The molecule has 3 nitrogen and oxygen atoms in total. The Balaban J connectivity index is 1.93. The molecule has 1 aromatic carbocycles. The van der Waals surface area contributed by atoms with Gasteiger partial charge in [-0.15, -0.1) is 0 Å². The Bertz CT molecular complexity index is 391.